The number of hydrogen-bond donors (Lipinski definition) is 5. The van der Waals surface area contributed by atoms with Crippen LogP contribution >= 0.6 is 0 Å². The fourth-order valence-corrected chi connectivity index (χ4v) is 5.56. The van der Waals surface area contributed by atoms with Gasteiger partial charge in [0, 0.05) is 40.0 Å². The number of esters is 1. The summed E-state index contributed by atoms with van der Waals surface area (Å²) >= 11 is 0. The minimum Gasteiger partial charge on any atom is -0.496 e. The average molecular weight is 756 g/mol. The molecule has 0 saturated heterocycles. The zero-order chi connectivity index (χ0) is 39.5. The number of aliphatic hydroxyl groups excluding tert-OH is 1. The number of pyridine rings is 1. The first kappa shape index (κ1) is 40.0. The third-order valence-corrected chi connectivity index (χ3v) is 8.83. The molecule has 1 unspecified atom stereocenters. The van der Waals surface area contributed by atoms with E-state index in [-0.39, 0.29) is 52.0 Å². The number of alkyl carbamates (subject to hydrolysis) is 1. The summed E-state index contributed by atoms with van der Waals surface area (Å²) in [6, 6.07) is 12.3. The van der Waals surface area contributed by atoms with Crippen molar-refractivity contribution in [1.29, 1.82) is 5.41 Å². The summed E-state index contributed by atoms with van der Waals surface area (Å²) in [5, 5.41) is 26.0. The first-order valence-corrected chi connectivity index (χ1v) is 18.0. The van der Waals surface area contributed by atoms with Gasteiger partial charge in [-0.15, -0.1) is 0 Å². The monoisotopic (exact) mass is 755 g/mol. The topological polar surface area (TPSA) is 207 Å². The highest BCUT2D eigenvalue weighted by atomic mass is 16.8. The average Bonchev–Trinajstić information content (AvgIpc) is 3.96. The molecule has 0 radical (unpaired) electrons. The first-order chi connectivity index (χ1) is 26.5. The number of anilines is 1. The van der Waals surface area contributed by atoms with E-state index in [0.29, 0.717) is 35.0 Å². The molecule has 55 heavy (non-hydrogen) atoms. The van der Waals surface area contributed by atoms with E-state index in [4.69, 9.17) is 29.1 Å². The molecule has 5 rings (SSSR count). The Labute approximate surface area is 318 Å². The molecule has 5 N–H and O–H groups in total. The summed E-state index contributed by atoms with van der Waals surface area (Å²) in [5.74, 6) is -1.12. The van der Waals surface area contributed by atoms with Crippen LogP contribution in [0, 0.1) is 11.3 Å². The van der Waals surface area contributed by atoms with Crippen LogP contribution in [0.25, 0.3) is 17.2 Å². The van der Waals surface area contributed by atoms with E-state index < -0.39 is 37.0 Å². The van der Waals surface area contributed by atoms with Gasteiger partial charge in [-0.3, -0.25) is 20.3 Å². The lowest BCUT2D eigenvalue weighted by Gasteiger charge is -2.17. The van der Waals surface area contributed by atoms with Gasteiger partial charge in [-0.25, -0.2) is 14.6 Å². The summed E-state index contributed by atoms with van der Waals surface area (Å²) in [6.45, 7) is 6.26. The number of carbonyl (C=O) groups is 4. The standard InChI is InChI=1S/C40H45N5O10/c1-5-7-8-9-18-52-39(49)45-35(41)26-12-14-27(15-13-26)43-36(46)30-19-25(6-2)32(51-4)20-29(30)28-16-17-31(37(47)42-21-24-10-11-24)44-34(28)38(48)53-22-33-23(3)54-40(50)55-33/h6,12-17,19-20,24,40,50H,2,5,7-11,18,21-22H2,1,3-4H3,(H,42,47)(H,43,46)(H2,41,45,49). The van der Waals surface area contributed by atoms with Crippen molar-refractivity contribution in [3.8, 4) is 16.9 Å². The summed E-state index contributed by atoms with van der Waals surface area (Å²) in [6.07, 6.45) is 6.65. The lowest BCUT2D eigenvalue weighted by atomic mass is 9.94. The number of nitrogens with one attached hydrogen (secondary N) is 4. The molecule has 2 heterocycles. The SMILES string of the molecule is C=Cc1cc(C(=O)Nc2ccc(C(=N)NC(=O)OCCCCCC)cc2)c(-c2ccc(C(=O)NCC3CC3)nc2C(=O)OCC2=C(C)OC(O)O2)cc1OC. The fraction of sp³-hybridized carbons (Fsp3) is 0.350. The molecule has 15 nitrogen and oxygen atoms in total. The largest absolute Gasteiger partial charge is 0.496 e. The van der Waals surface area contributed by atoms with E-state index in [1.54, 1.807) is 36.4 Å². The number of rotatable bonds is 17. The van der Waals surface area contributed by atoms with Gasteiger partial charge < -0.3 is 39.4 Å². The van der Waals surface area contributed by atoms with Gasteiger partial charge in [-0.1, -0.05) is 38.8 Å². The Morgan fingerprint density at radius 2 is 1.76 bits per heavy atom. The highest BCUT2D eigenvalue weighted by Crippen LogP contribution is 2.35. The first-order valence-electron chi connectivity index (χ1n) is 18.0. The Kier molecular flexibility index (Phi) is 13.6. The van der Waals surface area contributed by atoms with Gasteiger partial charge in [-0.05, 0) is 80.6 Å². The highest BCUT2D eigenvalue weighted by Gasteiger charge is 2.28. The minimum absolute atomic E-state index is 0.0383. The maximum Gasteiger partial charge on any atom is 0.412 e. The van der Waals surface area contributed by atoms with Gasteiger partial charge >= 0.3 is 18.5 Å². The van der Waals surface area contributed by atoms with Crippen molar-refractivity contribution in [1.82, 2.24) is 15.6 Å². The number of amides is 3. The summed E-state index contributed by atoms with van der Waals surface area (Å²) < 4.78 is 26.5. The molecule has 1 saturated carbocycles. The Morgan fingerprint density at radius 3 is 2.42 bits per heavy atom. The van der Waals surface area contributed by atoms with Gasteiger partial charge in [0.2, 0.25) is 0 Å². The van der Waals surface area contributed by atoms with E-state index in [0.717, 1.165) is 38.5 Å². The van der Waals surface area contributed by atoms with Crippen LogP contribution in [0.1, 0.15) is 94.8 Å². The molecule has 1 aliphatic carbocycles. The molecule has 1 fully saturated rings. The van der Waals surface area contributed by atoms with Crippen LogP contribution in [-0.4, -0.2) is 73.1 Å². The van der Waals surface area contributed by atoms with Crippen LogP contribution in [0.3, 0.4) is 0 Å². The molecule has 3 aromatic rings. The van der Waals surface area contributed by atoms with E-state index in [2.05, 4.69) is 34.4 Å². The Hall–Kier alpha value is -6.22. The smallest absolute Gasteiger partial charge is 0.412 e. The van der Waals surface area contributed by atoms with Gasteiger partial charge in [0.15, 0.2) is 18.1 Å². The van der Waals surface area contributed by atoms with E-state index in [1.165, 1.54) is 32.2 Å². The number of allylic oxidation sites excluding steroid dienone is 1. The maximum absolute atomic E-state index is 14.0. The molecular weight excluding hydrogens is 710 g/mol. The molecule has 0 spiro atoms. The normalized spacial score (nSPS) is 14.6. The molecule has 1 aromatic heterocycles. The number of unbranched alkanes of at least 4 members (excludes halogenated alkanes) is 3. The number of amidine groups is 1. The zero-order valence-corrected chi connectivity index (χ0v) is 31.0. The van der Waals surface area contributed by atoms with Crippen LogP contribution in [0.2, 0.25) is 0 Å². The number of benzene rings is 2. The van der Waals surface area contributed by atoms with Crippen LogP contribution < -0.4 is 20.7 Å². The quantitative estimate of drug-likeness (QED) is 0.0458. The third-order valence-electron chi connectivity index (χ3n) is 8.83. The highest BCUT2D eigenvalue weighted by molar-refractivity contribution is 6.11. The Morgan fingerprint density at radius 1 is 1.00 bits per heavy atom. The van der Waals surface area contributed by atoms with E-state index in [1.807, 2.05) is 0 Å². The predicted molar refractivity (Wildman–Crippen MR) is 202 cm³/mol. The second kappa shape index (κ2) is 18.7. The van der Waals surface area contributed by atoms with Crippen LogP contribution in [0.4, 0.5) is 10.5 Å². The zero-order valence-electron chi connectivity index (χ0n) is 31.0. The van der Waals surface area contributed by atoms with Crippen molar-refractivity contribution >= 4 is 41.5 Å². The van der Waals surface area contributed by atoms with E-state index in [9.17, 15) is 24.3 Å². The molecular formula is C40H45N5O10. The fourth-order valence-electron chi connectivity index (χ4n) is 5.56. The van der Waals surface area contributed by atoms with Crippen molar-refractivity contribution in [3.05, 3.63) is 94.7 Å². The lowest BCUT2D eigenvalue weighted by molar-refractivity contribution is -0.194. The van der Waals surface area contributed by atoms with Crippen molar-refractivity contribution in [3.63, 3.8) is 0 Å². The number of methoxy groups -OCH3 is 1. The minimum atomic E-state index is -1.54. The summed E-state index contributed by atoms with van der Waals surface area (Å²) in [7, 11) is 1.45. The molecule has 2 aliphatic rings. The van der Waals surface area contributed by atoms with Crippen molar-refractivity contribution in [2.75, 3.05) is 32.2 Å². The molecule has 3 amide bonds. The maximum atomic E-state index is 14.0. The lowest BCUT2D eigenvalue weighted by Crippen LogP contribution is -2.31. The molecule has 2 aromatic carbocycles. The Bertz CT molecular complexity index is 1970. The number of aliphatic hydroxyl groups is 1. The van der Waals surface area contributed by atoms with Crippen LogP contribution in [-0.2, 0) is 18.9 Å². The molecule has 0 bridgehead atoms. The van der Waals surface area contributed by atoms with Gasteiger partial charge in [0.25, 0.3) is 11.8 Å². The van der Waals surface area contributed by atoms with Crippen molar-refractivity contribution in [2.45, 2.75) is 58.8 Å². The second-order valence-electron chi connectivity index (χ2n) is 12.9. The van der Waals surface area contributed by atoms with Crippen molar-refractivity contribution in [2.24, 2.45) is 5.92 Å². The van der Waals surface area contributed by atoms with Gasteiger partial charge in [0.05, 0.1) is 13.7 Å². The van der Waals surface area contributed by atoms with Crippen LogP contribution in [0.5, 0.6) is 5.75 Å². The summed E-state index contributed by atoms with van der Waals surface area (Å²) in [5.41, 5.74) is 1.41. The molecule has 15 heteroatoms. The number of nitrogens with zero attached hydrogens (tertiary/aromatic N) is 1. The number of hydrogen-bond acceptors (Lipinski definition) is 12. The molecule has 1 aliphatic heterocycles. The predicted octanol–water partition coefficient (Wildman–Crippen LogP) is 6.14. The van der Waals surface area contributed by atoms with Crippen LogP contribution in [0.15, 0.2) is 66.6 Å². The number of aromatic nitrogens is 1. The molecule has 290 valence electrons. The third kappa shape index (κ3) is 10.7. The summed E-state index contributed by atoms with van der Waals surface area (Å²) in [4.78, 5) is 57.4. The second-order valence-corrected chi connectivity index (χ2v) is 12.9. The number of carbonyl (C=O) groups excluding carboxylic acids is 4. The Balaban J connectivity index is 1.41. The van der Waals surface area contributed by atoms with E-state index >= 15 is 0 Å². The number of ether oxygens (including phenoxy) is 5. The molecule has 1 atom stereocenters. The van der Waals surface area contributed by atoms with Gasteiger partial charge in [-0.2, -0.15) is 0 Å². The van der Waals surface area contributed by atoms with Crippen molar-refractivity contribution < 1.29 is 48.0 Å². The van der Waals surface area contributed by atoms with Gasteiger partial charge in [0.1, 0.15) is 23.0 Å².